The summed E-state index contributed by atoms with van der Waals surface area (Å²) in [6.07, 6.45) is 5.85. The van der Waals surface area contributed by atoms with E-state index in [1.165, 1.54) is 0 Å². The molecule has 2 rings (SSSR count). The zero-order valence-corrected chi connectivity index (χ0v) is 12.4. The lowest BCUT2D eigenvalue weighted by molar-refractivity contribution is 0.396. The molecule has 6 heteroatoms. The first-order chi connectivity index (χ1) is 9.67. The summed E-state index contributed by atoms with van der Waals surface area (Å²) in [7, 11) is 3.59. The second kappa shape index (κ2) is 6.47. The van der Waals surface area contributed by atoms with Gasteiger partial charge in [0.2, 0.25) is 0 Å². The van der Waals surface area contributed by atoms with Crippen LogP contribution in [0.5, 0.6) is 5.75 Å². The standard InChI is InChI=1S/C14H21N5O/c1-10(2)19-14(17-9-18-19)7-12(15-3)11-5-6-16-8-13(11)20-4/h5-6,8-10,12,15H,7H2,1-4H3. The molecule has 2 aromatic heterocycles. The average molecular weight is 275 g/mol. The molecule has 6 nitrogen and oxygen atoms in total. The van der Waals surface area contributed by atoms with Crippen molar-refractivity contribution in [1.82, 2.24) is 25.1 Å². The van der Waals surface area contributed by atoms with Crippen LogP contribution in [0.3, 0.4) is 0 Å². The van der Waals surface area contributed by atoms with Gasteiger partial charge < -0.3 is 10.1 Å². The van der Waals surface area contributed by atoms with Gasteiger partial charge in [0.15, 0.2) is 0 Å². The molecule has 2 aromatic rings. The van der Waals surface area contributed by atoms with Gasteiger partial charge in [0.25, 0.3) is 0 Å². The van der Waals surface area contributed by atoms with Crippen LogP contribution in [-0.2, 0) is 6.42 Å². The highest BCUT2D eigenvalue weighted by atomic mass is 16.5. The van der Waals surface area contributed by atoms with Crippen molar-refractivity contribution in [2.24, 2.45) is 0 Å². The summed E-state index contributed by atoms with van der Waals surface area (Å²) in [6.45, 7) is 4.19. The first kappa shape index (κ1) is 14.5. The number of likely N-dealkylation sites (N-methyl/N-ethyl adjacent to an activating group) is 1. The number of nitrogens with one attached hydrogen (secondary N) is 1. The highest BCUT2D eigenvalue weighted by molar-refractivity contribution is 5.33. The lowest BCUT2D eigenvalue weighted by Crippen LogP contribution is -2.22. The van der Waals surface area contributed by atoms with E-state index in [-0.39, 0.29) is 6.04 Å². The van der Waals surface area contributed by atoms with E-state index in [1.54, 1.807) is 25.8 Å². The number of methoxy groups -OCH3 is 1. The molecule has 0 aliphatic heterocycles. The topological polar surface area (TPSA) is 64.9 Å². The number of hydrogen-bond donors (Lipinski definition) is 1. The summed E-state index contributed by atoms with van der Waals surface area (Å²) in [6, 6.07) is 2.37. The fourth-order valence-electron chi connectivity index (χ4n) is 2.25. The summed E-state index contributed by atoms with van der Waals surface area (Å²) >= 11 is 0. The molecule has 0 radical (unpaired) electrons. The number of pyridine rings is 1. The minimum Gasteiger partial charge on any atom is -0.495 e. The van der Waals surface area contributed by atoms with Crippen LogP contribution < -0.4 is 10.1 Å². The molecule has 0 aliphatic carbocycles. The third-order valence-corrected chi connectivity index (χ3v) is 3.28. The smallest absolute Gasteiger partial charge is 0.141 e. The van der Waals surface area contributed by atoms with Gasteiger partial charge in [0.1, 0.15) is 17.9 Å². The van der Waals surface area contributed by atoms with Crippen molar-refractivity contribution in [3.8, 4) is 5.75 Å². The molecule has 0 saturated carbocycles. The van der Waals surface area contributed by atoms with Gasteiger partial charge in [0, 0.05) is 30.3 Å². The van der Waals surface area contributed by atoms with E-state index in [2.05, 4.69) is 34.2 Å². The van der Waals surface area contributed by atoms with Crippen molar-refractivity contribution < 1.29 is 4.74 Å². The lowest BCUT2D eigenvalue weighted by Gasteiger charge is -2.19. The molecule has 0 aliphatic rings. The van der Waals surface area contributed by atoms with Crippen molar-refractivity contribution in [1.29, 1.82) is 0 Å². The molecule has 20 heavy (non-hydrogen) atoms. The van der Waals surface area contributed by atoms with Crippen molar-refractivity contribution in [2.45, 2.75) is 32.4 Å². The largest absolute Gasteiger partial charge is 0.495 e. The highest BCUT2D eigenvalue weighted by Crippen LogP contribution is 2.26. The lowest BCUT2D eigenvalue weighted by atomic mass is 10.0. The van der Waals surface area contributed by atoms with E-state index in [0.717, 1.165) is 23.6 Å². The number of ether oxygens (including phenoxy) is 1. The number of rotatable bonds is 6. The second-order valence-corrected chi connectivity index (χ2v) is 4.88. The third kappa shape index (κ3) is 2.96. The Morgan fingerprint density at radius 3 is 2.85 bits per heavy atom. The molecule has 0 fully saturated rings. The Balaban J connectivity index is 2.27. The molecule has 0 amide bonds. The number of hydrogen-bond acceptors (Lipinski definition) is 5. The number of nitrogens with zero attached hydrogens (tertiary/aromatic N) is 4. The van der Waals surface area contributed by atoms with Gasteiger partial charge in [-0.2, -0.15) is 5.10 Å². The van der Waals surface area contributed by atoms with Crippen LogP contribution in [0.15, 0.2) is 24.8 Å². The quantitative estimate of drug-likeness (QED) is 0.870. The van der Waals surface area contributed by atoms with Crippen LogP contribution in [0.1, 0.15) is 37.3 Å². The Hall–Kier alpha value is -1.95. The molecule has 0 spiro atoms. The van der Waals surface area contributed by atoms with Crippen LogP contribution in [0, 0.1) is 0 Å². The van der Waals surface area contributed by atoms with Crippen LogP contribution in [0.4, 0.5) is 0 Å². The van der Waals surface area contributed by atoms with E-state index < -0.39 is 0 Å². The minimum atomic E-state index is 0.106. The van der Waals surface area contributed by atoms with Crippen LogP contribution >= 0.6 is 0 Å². The Morgan fingerprint density at radius 2 is 2.20 bits per heavy atom. The van der Waals surface area contributed by atoms with Crippen LogP contribution in [-0.4, -0.2) is 33.9 Å². The van der Waals surface area contributed by atoms with E-state index >= 15 is 0 Å². The summed E-state index contributed by atoms with van der Waals surface area (Å²) in [5.41, 5.74) is 1.07. The first-order valence-corrected chi connectivity index (χ1v) is 6.71. The zero-order valence-electron chi connectivity index (χ0n) is 12.4. The van der Waals surface area contributed by atoms with Crippen molar-refractivity contribution in [3.63, 3.8) is 0 Å². The van der Waals surface area contributed by atoms with Gasteiger partial charge in [-0.15, -0.1) is 0 Å². The maximum Gasteiger partial charge on any atom is 0.141 e. The van der Waals surface area contributed by atoms with Gasteiger partial charge in [0.05, 0.1) is 13.3 Å². The number of aromatic nitrogens is 4. The van der Waals surface area contributed by atoms with Gasteiger partial charge in [-0.3, -0.25) is 4.98 Å². The van der Waals surface area contributed by atoms with Crippen molar-refractivity contribution in [2.75, 3.05) is 14.2 Å². The zero-order chi connectivity index (χ0) is 14.5. The van der Waals surface area contributed by atoms with E-state index in [0.29, 0.717) is 6.04 Å². The van der Waals surface area contributed by atoms with E-state index in [9.17, 15) is 0 Å². The van der Waals surface area contributed by atoms with Crippen molar-refractivity contribution in [3.05, 3.63) is 36.2 Å². The van der Waals surface area contributed by atoms with Gasteiger partial charge >= 0.3 is 0 Å². The molecule has 2 heterocycles. The van der Waals surface area contributed by atoms with Gasteiger partial charge in [-0.25, -0.2) is 9.67 Å². The Labute approximate surface area is 119 Å². The maximum atomic E-state index is 5.38. The Bertz CT molecular complexity index is 552. The second-order valence-electron chi connectivity index (χ2n) is 4.88. The summed E-state index contributed by atoms with van der Waals surface area (Å²) in [5.74, 6) is 1.74. The van der Waals surface area contributed by atoms with Crippen molar-refractivity contribution >= 4 is 0 Å². The third-order valence-electron chi connectivity index (χ3n) is 3.28. The van der Waals surface area contributed by atoms with Crippen LogP contribution in [0.25, 0.3) is 0 Å². The van der Waals surface area contributed by atoms with Crippen LogP contribution in [0.2, 0.25) is 0 Å². The molecular weight excluding hydrogens is 254 g/mol. The Morgan fingerprint density at radius 1 is 1.40 bits per heavy atom. The molecule has 0 aromatic carbocycles. The molecule has 108 valence electrons. The molecule has 1 N–H and O–H groups in total. The summed E-state index contributed by atoms with van der Waals surface area (Å²) < 4.78 is 7.32. The highest BCUT2D eigenvalue weighted by Gasteiger charge is 2.18. The predicted octanol–water partition coefficient (Wildman–Crippen LogP) is 1.77. The van der Waals surface area contributed by atoms with Gasteiger partial charge in [-0.05, 0) is 27.0 Å². The van der Waals surface area contributed by atoms with Gasteiger partial charge in [-0.1, -0.05) is 0 Å². The SMILES string of the molecule is CNC(Cc1ncnn1C(C)C)c1ccncc1OC. The summed E-state index contributed by atoms with van der Waals surface area (Å²) in [4.78, 5) is 8.45. The molecule has 0 bridgehead atoms. The summed E-state index contributed by atoms with van der Waals surface area (Å²) in [5, 5.41) is 7.58. The first-order valence-electron chi connectivity index (χ1n) is 6.71. The molecular formula is C14H21N5O. The van der Waals surface area contributed by atoms with E-state index in [1.807, 2.05) is 17.8 Å². The average Bonchev–Trinajstić information content (AvgIpc) is 2.93. The fourth-order valence-corrected chi connectivity index (χ4v) is 2.25. The minimum absolute atomic E-state index is 0.106. The Kier molecular flexibility index (Phi) is 4.68. The predicted molar refractivity (Wildman–Crippen MR) is 76.7 cm³/mol. The molecule has 1 unspecified atom stereocenters. The molecule has 0 saturated heterocycles. The maximum absolute atomic E-state index is 5.38. The molecule has 1 atom stereocenters. The normalized spacial score (nSPS) is 12.7. The fraction of sp³-hybridized carbons (Fsp3) is 0.500. The monoisotopic (exact) mass is 275 g/mol. The van der Waals surface area contributed by atoms with E-state index in [4.69, 9.17) is 4.74 Å².